The van der Waals surface area contributed by atoms with Gasteiger partial charge in [0.25, 0.3) is 0 Å². The van der Waals surface area contributed by atoms with Crippen LogP contribution >= 0.6 is 15.9 Å². The number of pyridine rings is 1. The van der Waals surface area contributed by atoms with Crippen LogP contribution in [0.5, 0.6) is 11.5 Å². The molecule has 0 aliphatic carbocycles. The minimum absolute atomic E-state index is 0.0716. The van der Waals surface area contributed by atoms with Gasteiger partial charge in [0, 0.05) is 21.6 Å². The lowest BCUT2D eigenvalue weighted by atomic mass is 10.2. The standard InChI is InChI=1S/C16H12BrNO2/c17-12-6-7-15(11(9-12)10-19)20-16-5-1-4-14-13(16)3-2-8-18-14/h1-9,19H,10H2. The molecular weight excluding hydrogens is 318 g/mol. The first-order valence-corrected chi connectivity index (χ1v) is 6.98. The number of aliphatic hydroxyl groups is 1. The molecule has 0 atom stereocenters. The molecule has 0 radical (unpaired) electrons. The van der Waals surface area contributed by atoms with Gasteiger partial charge in [0.2, 0.25) is 0 Å². The summed E-state index contributed by atoms with van der Waals surface area (Å²) in [5, 5.41) is 10.4. The number of ether oxygens (including phenoxy) is 1. The Balaban J connectivity index is 2.05. The zero-order valence-electron chi connectivity index (χ0n) is 10.6. The lowest BCUT2D eigenvalue weighted by Gasteiger charge is -2.12. The second kappa shape index (κ2) is 5.61. The lowest BCUT2D eigenvalue weighted by molar-refractivity contribution is 0.276. The molecule has 1 N–H and O–H groups in total. The van der Waals surface area contributed by atoms with E-state index < -0.39 is 0 Å². The second-order valence-corrected chi connectivity index (χ2v) is 5.25. The summed E-state index contributed by atoms with van der Waals surface area (Å²) in [6.07, 6.45) is 1.75. The van der Waals surface area contributed by atoms with Crippen molar-refractivity contribution in [3.8, 4) is 11.5 Å². The Morgan fingerprint density at radius 3 is 2.80 bits per heavy atom. The van der Waals surface area contributed by atoms with Gasteiger partial charge in [0.05, 0.1) is 12.1 Å². The van der Waals surface area contributed by atoms with Crippen LogP contribution in [0.2, 0.25) is 0 Å². The van der Waals surface area contributed by atoms with Crippen LogP contribution in [0.4, 0.5) is 0 Å². The van der Waals surface area contributed by atoms with Crippen molar-refractivity contribution in [2.75, 3.05) is 0 Å². The molecular formula is C16H12BrNO2. The Hall–Kier alpha value is -1.91. The Kier molecular flexibility index (Phi) is 3.67. The first kappa shape index (κ1) is 13.1. The molecule has 3 nitrogen and oxygen atoms in total. The topological polar surface area (TPSA) is 42.4 Å². The maximum absolute atomic E-state index is 9.42. The van der Waals surface area contributed by atoms with Crippen LogP contribution in [0.3, 0.4) is 0 Å². The number of benzene rings is 2. The summed E-state index contributed by atoms with van der Waals surface area (Å²) in [4.78, 5) is 4.30. The van der Waals surface area contributed by atoms with E-state index in [1.165, 1.54) is 0 Å². The quantitative estimate of drug-likeness (QED) is 0.779. The summed E-state index contributed by atoms with van der Waals surface area (Å²) in [5.41, 5.74) is 1.62. The van der Waals surface area contributed by atoms with Gasteiger partial charge in [-0.05, 0) is 42.5 Å². The molecule has 1 heterocycles. The predicted molar refractivity (Wildman–Crippen MR) is 81.9 cm³/mol. The molecule has 20 heavy (non-hydrogen) atoms. The van der Waals surface area contributed by atoms with Crippen molar-refractivity contribution in [3.63, 3.8) is 0 Å². The van der Waals surface area contributed by atoms with Gasteiger partial charge in [0.1, 0.15) is 11.5 Å². The van der Waals surface area contributed by atoms with Gasteiger partial charge in [-0.2, -0.15) is 0 Å². The van der Waals surface area contributed by atoms with E-state index >= 15 is 0 Å². The number of halogens is 1. The second-order valence-electron chi connectivity index (χ2n) is 4.34. The van der Waals surface area contributed by atoms with E-state index in [0.717, 1.165) is 26.7 Å². The molecule has 3 aromatic rings. The summed E-state index contributed by atoms with van der Waals surface area (Å²) < 4.78 is 6.86. The molecule has 100 valence electrons. The van der Waals surface area contributed by atoms with Crippen LogP contribution in [0, 0.1) is 0 Å². The van der Waals surface area contributed by atoms with Gasteiger partial charge in [-0.1, -0.05) is 22.0 Å². The third-order valence-corrected chi connectivity index (χ3v) is 3.51. The van der Waals surface area contributed by atoms with Crippen molar-refractivity contribution in [3.05, 3.63) is 64.8 Å². The summed E-state index contributed by atoms with van der Waals surface area (Å²) >= 11 is 3.39. The fraction of sp³-hybridized carbons (Fsp3) is 0.0625. The molecule has 0 unspecified atom stereocenters. The van der Waals surface area contributed by atoms with Crippen molar-refractivity contribution in [2.24, 2.45) is 0 Å². The maximum Gasteiger partial charge on any atom is 0.136 e. The highest BCUT2D eigenvalue weighted by Gasteiger charge is 2.08. The summed E-state index contributed by atoms with van der Waals surface area (Å²) in [7, 11) is 0. The van der Waals surface area contributed by atoms with E-state index in [1.807, 2.05) is 48.5 Å². The fourth-order valence-electron chi connectivity index (χ4n) is 2.05. The van der Waals surface area contributed by atoms with Crippen LogP contribution < -0.4 is 4.74 Å². The molecule has 0 aliphatic heterocycles. The SMILES string of the molecule is OCc1cc(Br)ccc1Oc1cccc2ncccc12. The molecule has 0 saturated heterocycles. The average molecular weight is 330 g/mol. The zero-order chi connectivity index (χ0) is 13.9. The Morgan fingerprint density at radius 1 is 1.05 bits per heavy atom. The van der Waals surface area contributed by atoms with E-state index in [9.17, 15) is 5.11 Å². The van der Waals surface area contributed by atoms with Crippen molar-refractivity contribution in [1.29, 1.82) is 0 Å². The molecule has 0 bridgehead atoms. The Labute approximate surface area is 125 Å². The molecule has 0 aliphatic rings. The first-order valence-electron chi connectivity index (χ1n) is 6.19. The largest absolute Gasteiger partial charge is 0.456 e. The summed E-state index contributed by atoms with van der Waals surface area (Å²) in [6.45, 7) is -0.0716. The van der Waals surface area contributed by atoms with Crippen molar-refractivity contribution in [1.82, 2.24) is 4.98 Å². The third kappa shape index (κ3) is 2.53. The van der Waals surface area contributed by atoms with Crippen LogP contribution in [0.25, 0.3) is 10.9 Å². The highest BCUT2D eigenvalue weighted by molar-refractivity contribution is 9.10. The van der Waals surface area contributed by atoms with Gasteiger partial charge in [0.15, 0.2) is 0 Å². The number of fused-ring (bicyclic) bond motifs is 1. The Bertz CT molecular complexity index is 753. The molecule has 2 aromatic carbocycles. The van der Waals surface area contributed by atoms with Crippen LogP contribution in [-0.4, -0.2) is 10.1 Å². The highest BCUT2D eigenvalue weighted by atomic mass is 79.9. The van der Waals surface area contributed by atoms with E-state index in [2.05, 4.69) is 20.9 Å². The van der Waals surface area contributed by atoms with Gasteiger partial charge in [-0.25, -0.2) is 0 Å². The van der Waals surface area contributed by atoms with Crippen molar-refractivity contribution < 1.29 is 9.84 Å². The summed E-state index contributed by atoms with van der Waals surface area (Å²) in [6, 6.07) is 15.2. The van der Waals surface area contributed by atoms with Gasteiger partial charge in [-0.15, -0.1) is 0 Å². The molecule has 0 amide bonds. The zero-order valence-corrected chi connectivity index (χ0v) is 12.2. The van der Waals surface area contributed by atoms with E-state index in [0.29, 0.717) is 5.75 Å². The summed E-state index contributed by atoms with van der Waals surface area (Å²) in [5.74, 6) is 1.37. The number of aromatic nitrogens is 1. The average Bonchev–Trinajstić information content (AvgIpc) is 2.49. The van der Waals surface area contributed by atoms with Crippen molar-refractivity contribution in [2.45, 2.75) is 6.61 Å². The minimum Gasteiger partial charge on any atom is -0.456 e. The smallest absolute Gasteiger partial charge is 0.136 e. The molecule has 0 fully saturated rings. The number of rotatable bonds is 3. The molecule has 1 aromatic heterocycles. The molecule has 0 saturated carbocycles. The molecule has 4 heteroatoms. The minimum atomic E-state index is -0.0716. The van der Waals surface area contributed by atoms with E-state index in [1.54, 1.807) is 6.20 Å². The van der Waals surface area contributed by atoms with E-state index in [4.69, 9.17) is 4.74 Å². The van der Waals surface area contributed by atoms with E-state index in [-0.39, 0.29) is 6.61 Å². The Morgan fingerprint density at radius 2 is 1.95 bits per heavy atom. The fourth-order valence-corrected chi connectivity index (χ4v) is 2.46. The van der Waals surface area contributed by atoms with Gasteiger partial charge in [-0.3, -0.25) is 4.98 Å². The van der Waals surface area contributed by atoms with Crippen molar-refractivity contribution >= 4 is 26.8 Å². The normalized spacial score (nSPS) is 10.7. The molecule has 0 spiro atoms. The van der Waals surface area contributed by atoms with Crippen LogP contribution in [0.1, 0.15) is 5.56 Å². The van der Waals surface area contributed by atoms with Crippen LogP contribution in [-0.2, 0) is 6.61 Å². The predicted octanol–water partition coefficient (Wildman–Crippen LogP) is 4.28. The maximum atomic E-state index is 9.42. The third-order valence-electron chi connectivity index (χ3n) is 3.02. The van der Waals surface area contributed by atoms with Gasteiger partial charge < -0.3 is 9.84 Å². The highest BCUT2D eigenvalue weighted by Crippen LogP contribution is 2.32. The number of hydrogen-bond acceptors (Lipinski definition) is 3. The number of nitrogens with zero attached hydrogens (tertiary/aromatic N) is 1. The van der Waals surface area contributed by atoms with Gasteiger partial charge >= 0.3 is 0 Å². The first-order chi connectivity index (χ1) is 9.78. The number of aliphatic hydroxyl groups excluding tert-OH is 1. The van der Waals surface area contributed by atoms with Crippen LogP contribution in [0.15, 0.2) is 59.2 Å². The molecule has 3 rings (SSSR count). The number of hydrogen-bond donors (Lipinski definition) is 1. The monoisotopic (exact) mass is 329 g/mol. The lowest BCUT2D eigenvalue weighted by Crippen LogP contribution is -1.93.